The highest BCUT2D eigenvalue weighted by Gasteiger charge is 2.44. The van der Waals surface area contributed by atoms with Gasteiger partial charge in [-0.2, -0.15) is 0 Å². The van der Waals surface area contributed by atoms with E-state index in [1.165, 1.54) is 0 Å². The van der Waals surface area contributed by atoms with Crippen LogP contribution in [0.5, 0.6) is 0 Å². The minimum atomic E-state index is -4.43. The smallest absolute Gasteiger partial charge is 0.328 e. The van der Waals surface area contributed by atoms with Gasteiger partial charge in [0, 0.05) is 0 Å². The molecule has 90 valence electrons. The lowest BCUT2D eigenvalue weighted by molar-refractivity contribution is -0.277. The Morgan fingerprint density at radius 3 is 2.00 bits per heavy atom. The van der Waals surface area contributed by atoms with E-state index in [0.717, 1.165) is 0 Å². The second-order valence-corrected chi connectivity index (χ2v) is 5.08. The van der Waals surface area contributed by atoms with Crippen LogP contribution in [0.3, 0.4) is 0 Å². The molecule has 0 saturated carbocycles. The molecule has 0 unspecified atom stereocenters. The molecule has 0 aromatic heterocycles. The topological polar surface area (TPSA) is 148 Å². The fraction of sp³-hybridized carbons (Fsp3) is 1.00. The molecule has 0 aromatic carbocycles. The predicted octanol–water partition coefficient (Wildman–Crippen LogP) is -3.04. The van der Waals surface area contributed by atoms with Gasteiger partial charge in [-0.1, -0.05) is 0 Å². The summed E-state index contributed by atoms with van der Waals surface area (Å²) in [4.78, 5) is 17.2. The van der Waals surface area contributed by atoms with Gasteiger partial charge < -0.3 is 34.9 Å². The fourth-order valence-electron chi connectivity index (χ4n) is 1.32. The molecule has 8 nitrogen and oxygen atoms in total. The van der Waals surface area contributed by atoms with Crippen molar-refractivity contribution in [2.45, 2.75) is 30.7 Å². The lowest BCUT2D eigenvalue weighted by Crippen LogP contribution is -2.58. The SMILES string of the molecule is O=P(O)(O)C[C@H]1O[C@@H](O)[C@H](O)[C@@H](O)[C@H]1O. The zero-order valence-corrected chi connectivity index (χ0v) is 8.44. The molecule has 6 N–H and O–H groups in total. The standard InChI is InChI=1S/C6H13O8P/c7-3-2(1-15(11,12)13)14-6(10)5(9)4(3)8/h2-10H,1H2,(H2,11,12,13)/t2-,3+,4+,5-,6-/m1/s1. The zero-order valence-electron chi connectivity index (χ0n) is 7.54. The maximum atomic E-state index is 10.6. The van der Waals surface area contributed by atoms with Crippen molar-refractivity contribution in [2.75, 3.05) is 6.16 Å². The van der Waals surface area contributed by atoms with Gasteiger partial charge in [0.2, 0.25) is 0 Å². The molecule has 0 aromatic rings. The monoisotopic (exact) mass is 244 g/mol. The molecule has 9 heteroatoms. The van der Waals surface area contributed by atoms with Gasteiger partial charge in [0.15, 0.2) is 6.29 Å². The average Bonchev–Trinajstić information content (AvgIpc) is 2.08. The first kappa shape index (κ1) is 13.0. The Morgan fingerprint density at radius 2 is 1.53 bits per heavy atom. The second kappa shape index (κ2) is 4.44. The van der Waals surface area contributed by atoms with E-state index in [-0.39, 0.29) is 0 Å². The van der Waals surface area contributed by atoms with Crippen molar-refractivity contribution in [2.24, 2.45) is 0 Å². The van der Waals surface area contributed by atoms with Crippen molar-refractivity contribution in [3.05, 3.63) is 0 Å². The Labute approximate surface area is 84.9 Å². The molecule has 0 radical (unpaired) electrons. The lowest BCUT2D eigenvalue weighted by Gasteiger charge is -2.38. The molecule has 0 spiro atoms. The lowest BCUT2D eigenvalue weighted by atomic mass is 10.0. The molecule has 15 heavy (non-hydrogen) atoms. The summed E-state index contributed by atoms with van der Waals surface area (Å²) in [6.07, 6.45) is -9.09. The molecular formula is C6H13O8P. The summed E-state index contributed by atoms with van der Waals surface area (Å²) in [6.45, 7) is 0. The minimum Gasteiger partial charge on any atom is -0.388 e. The van der Waals surface area contributed by atoms with Gasteiger partial charge in [-0.15, -0.1) is 0 Å². The highest BCUT2D eigenvalue weighted by Crippen LogP contribution is 2.38. The van der Waals surface area contributed by atoms with Gasteiger partial charge in [-0.3, -0.25) is 4.57 Å². The van der Waals surface area contributed by atoms with Gasteiger partial charge in [-0.25, -0.2) is 0 Å². The third kappa shape index (κ3) is 3.20. The van der Waals surface area contributed by atoms with Crippen molar-refractivity contribution < 1.29 is 39.5 Å². The third-order valence-corrected chi connectivity index (χ3v) is 2.94. The van der Waals surface area contributed by atoms with Crippen LogP contribution in [0.2, 0.25) is 0 Å². The predicted molar refractivity (Wildman–Crippen MR) is 45.8 cm³/mol. The van der Waals surface area contributed by atoms with Crippen LogP contribution in [-0.4, -0.2) is 67.1 Å². The Hall–Kier alpha value is -0.0500. The van der Waals surface area contributed by atoms with E-state index < -0.39 is 44.5 Å². The van der Waals surface area contributed by atoms with E-state index in [1.54, 1.807) is 0 Å². The number of aliphatic hydroxyl groups excluding tert-OH is 4. The van der Waals surface area contributed by atoms with Gasteiger partial charge in [-0.05, 0) is 0 Å². The van der Waals surface area contributed by atoms with Crippen LogP contribution < -0.4 is 0 Å². The van der Waals surface area contributed by atoms with Crippen LogP contribution >= 0.6 is 7.60 Å². The summed E-state index contributed by atoms with van der Waals surface area (Å²) in [5, 5.41) is 36.6. The first-order valence-electron chi connectivity index (χ1n) is 4.14. The van der Waals surface area contributed by atoms with Crippen LogP contribution in [0.4, 0.5) is 0 Å². The van der Waals surface area contributed by atoms with Gasteiger partial charge >= 0.3 is 7.60 Å². The van der Waals surface area contributed by atoms with Crippen LogP contribution in [0.25, 0.3) is 0 Å². The molecular weight excluding hydrogens is 231 g/mol. The Kier molecular flexibility index (Phi) is 3.85. The highest BCUT2D eigenvalue weighted by atomic mass is 31.2. The van der Waals surface area contributed by atoms with Crippen molar-refractivity contribution in [1.82, 2.24) is 0 Å². The summed E-state index contributed by atoms with van der Waals surface area (Å²) < 4.78 is 15.2. The second-order valence-electron chi connectivity index (χ2n) is 3.38. The summed E-state index contributed by atoms with van der Waals surface area (Å²) in [5.41, 5.74) is 0. The Morgan fingerprint density at radius 1 is 1.00 bits per heavy atom. The quantitative estimate of drug-likeness (QED) is 0.281. The summed E-state index contributed by atoms with van der Waals surface area (Å²) in [7, 11) is -4.43. The molecule has 1 aliphatic rings. The molecule has 0 amide bonds. The Bertz CT molecular complexity index is 264. The molecule has 1 saturated heterocycles. The molecule has 0 aliphatic carbocycles. The molecule has 1 heterocycles. The first-order chi connectivity index (χ1) is 6.72. The maximum Gasteiger partial charge on any atom is 0.328 e. The zero-order chi connectivity index (χ0) is 11.8. The van der Waals surface area contributed by atoms with Gasteiger partial charge in [0.25, 0.3) is 0 Å². The molecule has 0 bridgehead atoms. The van der Waals surface area contributed by atoms with Crippen molar-refractivity contribution >= 4 is 7.60 Å². The van der Waals surface area contributed by atoms with Crippen molar-refractivity contribution in [1.29, 1.82) is 0 Å². The van der Waals surface area contributed by atoms with Crippen LogP contribution in [0, 0.1) is 0 Å². The fourth-order valence-corrected chi connectivity index (χ4v) is 2.09. The highest BCUT2D eigenvalue weighted by molar-refractivity contribution is 7.51. The average molecular weight is 244 g/mol. The molecule has 1 rings (SSSR count). The Balaban J connectivity index is 2.71. The molecule has 1 aliphatic heterocycles. The summed E-state index contributed by atoms with van der Waals surface area (Å²) >= 11 is 0. The van der Waals surface area contributed by atoms with E-state index in [0.29, 0.717) is 0 Å². The third-order valence-electron chi connectivity index (χ3n) is 2.10. The number of aliphatic hydroxyl groups is 4. The van der Waals surface area contributed by atoms with Crippen LogP contribution in [-0.2, 0) is 9.30 Å². The van der Waals surface area contributed by atoms with E-state index in [9.17, 15) is 14.8 Å². The van der Waals surface area contributed by atoms with E-state index in [2.05, 4.69) is 4.74 Å². The van der Waals surface area contributed by atoms with Gasteiger partial charge in [0.05, 0.1) is 6.16 Å². The van der Waals surface area contributed by atoms with Crippen molar-refractivity contribution in [3.8, 4) is 0 Å². The van der Waals surface area contributed by atoms with Crippen LogP contribution in [0.1, 0.15) is 0 Å². The van der Waals surface area contributed by atoms with Crippen LogP contribution in [0.15, 0.2) is 0 Å². The van der Waals surface area contributed by atoms with E-state index in [4.69, 9.17) is 20.0 Å². The van der Waals surface area contributed by atoms with Gasteiger partial charge in [0.1, 0.15) is 24.4 Å². The number of hydrogen-bond acceptors (Lipinski definition) is 6. The molecule has 5 atom stereocenters. The minimum absolute atomic E-state index is 0.838. The largest absolute Gasteiger partial charge is 0.388 e. The normalized spacial score (nSPS) is 42.9. The van der Waals surface area contributed by atoms with E-state index >= 15 is 0 Å². The summed E-state index contributed by atoms with van der Waals surface area (Å²) in [6, 6.07) is 0. The first-order valence-corrected chi connectivity index (χ1v) is 5.94. The van der Waals surface area contributed by atoms with Crippen molar-refractivity contribution in [3.63, 3.8) is 0 Å². The number of rotatable bonds is 2. The van der Waals surface area contributed by atoms with E-state index in [1.807, 2.05) is 0 Å². The number of ether oxygens (including phenoxy) is 1. The number of hydrogen-bond donors (Lipinski definition) is 6. The molecule has 1 fully saturated rings. The maximum absolute atomic E-state index is 10.6. The summed E-state index contributed by atoms with van der Waals surface area (Å²) in [5.74, 6) is 0.